The van der Waals surface area contributed by atoms with Gasteiger partial charge in [0.05, 0.1) is 0 Å². The van der Waals surface area contributed by atoms with Crippen LogP contribution in [0.2, 0.25) is 0 Å². The molecular formula is C11H8FNO. The number of benzene rings is 1. The Bertz CT molecular complexity index is 495. The average Bonchev–Trinajstić information content (AvgIpc) is 2.56. The molecule has 0 bridgehead atoms. The zero-order chi connectivity index (χ0) is 9.97. The van der Waals surface area contributed by atoms with Crippen molar-refractivity contribution >= 4 is 11.1 Å². The van der Waals surface area contributed by atoms with E-state index in [0.717, 1.165) is 0 Å². The monoisotopic (exact) mass is 189 g/mol. The van der Waals surface area contributed by atoms with E-state index in [-0.39, 0.29) is 5.82 Å². The zero-order valence-electron chi connectivity index (χ0n) is 7.46. The normalized spacial score (nSPS) is 10.3. The van der Waals surface area contributed by atoms with Gasteiger partial charge in [-0.2, -0.15) is 0 Å². The highest BCUT2D eigenvalue weighted by molar-refractivity contribution is 5.72. The van der Waals surface area contributed by atoms with Crippen LogP contribution in [0.4, 0.5) is 4.39 Å². The van der Waals surface area contributed by atoms with Gasteiger partial charge in [0.2, 0.25) is 0 Å². The number of fused-ring (bicyclic) bond motifs is 1. The number of hydrogen-bond donors (Lipinski definition) is 0. The number of aromatic nitrogens is 1. The maximum atomic E-state index is 12.8. The molecule has 0 aliphatic heterocycles. The third kappa shape index (κ3) is 1.60. The first-order chi connectivity index (χ1) is 6.79. The Labute approximate surface area is 80.8 Å². The summed E-state index contributed by atoms with van der Waals surface area (Å²) in [5.74, 6) is 2.73. The molecular weight excluding hydrogens is 181 g/mol. The first-order valence-corrected chi connectivity index (χ1v) is 4.28. The predicted molar refractivity (Wildman–Crippen MR) is 51.1 cm³/mol. The van der Waals surface area contributed by atoms with E-state index in [0.29, 0.717) is 29.8 Å². The number of nitrogens with zero attached hydrogens (tertiary/aromatic N) is 1. The summed E-state index contributed by atoms with van der Waals surface area (Å²) in [5, 5.41) is 0. The number of halogens is 1. The summed E-state index contributed by atoms with van der Waals surface area (Å²) in [6.07, 6.45) is 6.28. The fourth-order valence-electron chi connectivity index (χ4n) is 1.23. The molecule has 1 heterocycles. The fraction of sp³-hybridized carbons (Fsp3) is 0.182. The molecule has 3 heteroatoms. The Hall–Kier alpha value is -1.82. The molecule has 0 saturated heterocycles. The number of rotatable bonds is 2. The van der Waals surface area contributed by atoms with E-state index in [9.17, 15) is 4.39 Å². The molecule has 2 rings (SSSR count). The van der Waals surface area contributed by atoms with E-state index in [4.69, 9.17) is 10.8 Å². The first kappa shape index (κ1) is 8.76. The van der Waals surface area contributed by atoms with Gasteiger partial charge in [-0.25, -0.2) is 9.37 Å². The molecule has 0 radical (unpaired) electrons. The maximum absolute atomic E-state index is 12.8. The molecule has 0 fully saturated rings. The van der Waals surface area contributed by atoms with Crippen LogP contribution in [0, 0.1) is 18.2 Å². The van der Waals surface area contributed by atoms with E-state index >= 15 is 0 Å². The van der Waals surface area contributed by atoms with Crippen LogP contribution in [0.15, 0.2) is 22.6 Å². The topological polar surface area (TPSA) is 26.0 Å². The number of oxazole rings is 1. The van der Waals surface area contributed by atoms with Crippen molar-refractivity contribution in [1.82, 2.24) is 4.98 Å². The van der Waals surface area contributed by atoms with Crippen molar-refractivity contribution in [2.75, 3.05) is 0 Å². The lowest BCUT2D eigenvalue weighted by Crippen LogP contribution is -1.81. The molecule has 0 amide bonds. The second-order valence-corrected chi connectivity index (χ2v) is 2.92. The summed E-state index contributed by atoms with van der Waals surface area (Å²) >= 11 is 0. The number of terminal acetylenes is 1. The van der Waals surface area contributed by atoms with Gasteiger partial charge in [-0.15, -0.1) is 12.3 Å². The van der Waals surface area contributed by atoms with Gasteiger partial charge in [0.15, 0.2) is 11.5 Å². The molecule has 14 heavy (non-hydrogen) atoms. The fourth-order valence-corrected chi connectivity index (χ4v) is 1.23. The highest BCUT2D eigenvalue weighted by Crippen LogP contribution is 2.17. The van der Waals surface area contributed by atoms with E-state index in [1.165, 1.54) is 12.1 Å². The van der Waals surface area contributed by atoms with Crippen molar-refractivity contribution in [3.05, 3.63) is 29.9 Å². The summed E-state index contributed by atoms with van der Waals surface area (Å²) in [6, 6.07) is 4.27. The first-order valence-electron chi connectivity index (χ1n) is 4.28. The smallest absolute Gasteiger partial charge is 0.196 e. The predicted octanol–water partition coefficient (Wildman–Crippen LogP) is 2.53. The van der Waals surface area contributed by atoms with E-state index in [1.54, 1.807) is 6.07 Å². The minimum Gasteiger partial charge on any atom is -0.441 e. The Kier molecular flexibility index (Phi) is 2.19. The summed E-state index contributed by atoms with van der Waals surface area (Å²) in [5.41, 5.74) is 1.13. The second kappa shape index (κ2) is 3.51. The Morgan fingerprint density at radius 2 is 2.36 bits per heavy atom. The van der Waals surface area contributed by atoms with Gasteiger partial charge in [0, 0.05) is 18.9 Å². The van der Waals surface area contributed by atoms with Crippen molar-refractivity contribution in [1.29, 1.82) is 0 Å². The van der Waals surface area contributed by atoms with Gasteiger partial charge in [-0.3, -0.25) is 0 Å². The average molecular weight is 189 g/mol. The van der Waals surface area contributed by atoms with Crippen LogP contribution < -0.4 is 0 Å². The van der Waals surface area contributed by atoms with Crippen LogP contribution in [-0.4, -0.2) is 4.98 Å². The van der Waals surface area contributed by atoms with Gasteiger partial charge < -0.3 is 4.42 Å². The van der Waals surface area contributed by atoms with Crippen LogP contribution in [0.25, 0.3) is 11.1 Å². The Balaban J connectivity index is 2.37. The zero-order valence-corrected chi connectivity index (χ0v) is 7.46. The third-order valence-corrected chi connectivity index (χ3v) is 1.88. The van der Waals surface area contributed by atoms with Gasteiger partial charge in [0.25, 0.3) is 0 Å². The van der Waals surface area contributed by atoms with E-state index < -0.39 is 0 Å². The molecule has 1 aromatic carbocycles. The van der Waals surface area contributed by atoms with Gasteiger partial charge in [-0.05, 0) is 12.1 Å². The van der Waals surface area contributed by atoms with Crippen LogP contribution in [0.5, 0.6) is 0 Å². The van der Waals surface area contributed by atoms with E-state index in [1.807, 2.05) is 0 Å². The molecule has 0 N–H and O–H groups in total. The standard InChI is InChI=1S/C11H8FNO/c1-2-3-4-11-13-9-6-5-8(12)7-10(9)14-11/h1,5-7H,3-4H2. The van der Waals surface area contributed by atoms with Gasteiger partial charge in [-0.1, -0.05) is 0 Å². The van der Waals surface area contributed by atoms with E-state index in [2.05, 4.69) is 10.9 Å². The Morgan fingerprint density at radius 3 is 3.14 bits per heavy atom. The summed E-state index contributed by atoms with van der Waals surface area (Å²) in [4.78, 5) is 4.16. The second-order valence-electron chi connectivity index (χ2n) is 2.92. The van der Waals surface area contributed by atoms with Crippen molar-refractivity contribution in [2.24, 2.45) is 0 Å². The number of hydrogen-bond acceptors (Lipinski definition) is 2. The lowest BCUT2D eigenvalue weighted by molar-refractivity contribution is 0.528. The quantitative estimate of drug-likeness (QED) is 0.678. The minimum absolute atomic E-state index is 0.322. The molecule has 0 unspecified atom stereocenters. The van der Waals surface area contributed by atoms with Crippen LogP contribution in [0.3, 0.4) is 0 Å². The molecule has 0 spiro atoms. The molecule has 70 valence electrons. The molecule has 1 aromatic heterocycles. The third-order valence-electron chi connectivity index (χ3n) is 1.88. The lowest BCUT2D eigenvalue weighted by atomic mass is 10.3. The molecule has 0 atom stereocenters. The Morgan fingerprint density at radius 1 is 1.50 bits per heavy atom. The number of aryl methyl sites for hydroxylation is 1. The largest absolute Gasteiger partial charge is 0.441 e. The maximum Gasteiger partial charge on any atom is 0.196 e. The molecule has 0 aliphatic rings. The van der Waals surface area contributed by atoms with Crippen molar-refractivity contribution in [3.8, 4) is 12.3 Å². The molecule has 0 saturated carbocycles. The summed E-state index contributed by atoms with van der Waals surface area (Å²) < 4.78 is 18.1. The summed E-state index contributed by atoms with van der Waals surface area (Å²) in [6.45, 7) is 0. The van der Waals surface area contributed by atoms with Crippen molar-refractivity contribution in [3.63, 3.8) is 0 Å². The van der Waals surface area contributed by atoms with Crippen LogP contribution in [-0.2, 0) is 6.42 Å². The minimum atomic E-state index is -0.322. The molecule has 2 nitrogen and oxygen atoms in total. The lowest BCUT2D eigenvalue weighted by Gasteiger charge is -1.86. The highest BCUT2D eigenvalue weighted by atomic mass is 19.1. The van der Waals surface area contributed by atoms with Gasteiger partial charge in [0.1, 0.15) is 11.3 Å². The molecule has 0 aliphatic carbocycles. The van der Waals surface area contributed by atoms with Crippen LogP contribution in [0.1, 0.15) is 12.3 Å². The summed E-state index contributed by atoms with van der Waals surface area (Å²) in [7, 11) is 0. The van der Waals surface area contributed by atoms with Crippen LogP contribution >= 0.6 is 0 Å². The van der Waals surface area contributed by atoms with Crippen molar-refractivity contribution in [2.45, 2.75) is 12.8 Å². The SMILES string of the molecule is C#CCCc1nc2ccc(F)cc2o1. The van der Waals surface area contributed by atoms with Gasteiger partial charge >= 0.3 is 0 Å². The molecule has 2 aromatic rings. The highest BCUT2D eigenvalue weighted by Gasteiger charge is 2.05. The van der Waals surface area contributed by atoms with Crippen molar-refractivity contribution < 1.29 is 8.81 Å².